The molecular weight excluding hydrogens is 492 g/mol. The molecule has 5 aromatic rings. The van der Waals surface area contributed by atoms with Gasteiger partial charge in [-0.2, -0.15) is 15.1 Å². The second-order valence-corrected chi connectivity index (χ2v) is 9.20. The van der Waals surface area contributed by atoms with Crippen LogP contribution in [0.1, 0.15) is 5.69 Å². The van der Waals surface area contributed by atoms with Gasteiger partial charge >= 0.3 is 6.01 Å². The van der Waals surface area contributed by atoms with Crippen molar-refractivity contribution in [1.82, 2.24) is 35.0 Å². The molecule has 0 amide bonds. The van der Waals surface area contributed by atoms with Crippen LogP contribution in [0.25, 0.3) is 22.3 Å². The molecule has 12 heteroatoms. The number of anilines is 3. The van der Waals surface area contributed by atoms with Gasteiger partial charge in [0.2, 0.25) is 0 Å². The highest BCUT2D eigenvalue weighted by Crippen LogP contribution is 2.33. The minimum Gasteiger partial charge on any atom is -0.421 e. The highest BCUT2D eigenvalue weighted by atomic mass is 19.1. The van der Waals surface area contributed by atoms with Gasteiger partial charge in [0.25, 0.3) is 0 Å². The van der Waals surface area contributed by atoms with Gasteiger partial charge in [0.15, 0.2) is 23.2 Å². The highest BCUT2D eigenvalue weighted by molar-refractivity contribution is 5.83. The van der Waals surface area contributed by atoms with E-state index in [4.69, 9.17) is 4.74 Å². The topological polar surface area (TPSA) is 111 Å². The number of nitrogens with zero attached hydrogens (tertiary/aromatic N) is 6. The molecule has 10 nitrogen and oxygen atoms in total. The summed E-state index contributed by atoms with van der Waals surface area (Å²) < 4.78 is 35.7. The predicted molar refractivity (Wildman–Crippen MR) is 140 cm³/mol. The third-order valence-electron chi connectivity index (χ3n) is 6.40. The van der Waals surface area contributed by atoms with E-state index in [-0.39, 0.29) is 22.7 Å². The second kappa shape index (κ2) is 9.71. The van der Waals surface area contributed by atoms with Crippen molar-refractivity contribution in [2.45, 2.75) is 6.92 Å². The van der Waals surface area contributed by atoms with E-state index in [1.807, 2.05) is 18.2 Å². The monoisotopic (exact) mass is 517 g/mol. The average Bonchev–Trinajstić information content (AvgIpc) is 3.55. The van der Waals surface area contributed by atoms with Crippen LogP contribution in [0.3, 0.4) is 0 Å². The van der Waals surface area contributed by atoms with Crippen LogP contribution in [0.5, 0.6) is 11.8 Å². The molecule has 4 aromatic heterocycles. The van der Waals surface area contributed by atoms with E-state index in [0.717, 1.165) is 43.6 Å². The molecule has 194 valence electrons. The van der Waals surface area contributed by atoms with E-state index in [9.17, 15) is 4.39 Å². The molecule has 5 heterocycles. The lowest BCUT2D eigenvalue weighted by Gasteiger charge is -2.33. The van der Waals surface area contributed by atoms with Crippen LogP contribution >= 0.6 is 0 Å². The number of fused-ring (bicyclic) bond motifs is 1. The number of halogens is 2. The molecule has 0 saturated carbocycles. The number of piperazine rings is 1. The lowest BCUT2D eigenvalue weighted by atomic mass is 10.2. The van der Waals surface area contributed by atoms with Gasteiger partial charge in [-0.15, -0.1) is 0 Å². The number of ether oxygens (including phenoxy) is 1. The van der Waals surface area contributed by atoms with Gasteiger partial charge < -0.3 is 24.8 Å². The third kappa shape index (κ3) is 4.73. The van der Waals surface area contributed by atoms with Crippen LogP contribution in [-0.2, 0) is 0 Å². The molecular formula is C26H25F2N9O. The first-order valence-corrected chi connectivity index (χ1v) is 12.1. The zero-order valence-corrected chi connectivity index (χ0v) is 20.8. The van der Waals surface area contributed by atoms with E-state index in [1.54, 1.807) is 25.3 Å². The Balaban J connectivity index is 1.34. The number of rotatable bonds is 6. The number of hydrogen-bond acceptors (Lipinski definition) is 8. The van der Waals surface area contributed by atoms with Crippen LogP contribution in [0.4, 0.5) is 26.2 Å². The molecule has 1 fully saturated rings. The molecule has 1 saturated heterocycles. The minimum absolute atomic E-state index is 0.0871. The van der Waals surface area contributed by atoms with E-state index in [1.165, 1.54) is 6.07 Å². The molecule has 3 N–H and O–H groups in total. The zero-order chi connectivity index (χ0) is 26.2. The summed E-state index contributed by atoms with van der Waals surface area (Å²) in [4.78, 5) is 20.4. The van der Waals surface area contributed by atoms with Crippen molar-refractivity contribution in [3.63, 3.8) is 0 Å². The number of pyridine rings is 1. The Labute approximate surface area is 216 Å². The molecule has 0 aliphatic carbocycles. The summed E-state index contributed by atoms with van der Waals surface area (Å²) in [6.07, 6.45) is 1.70. The van der Waals surface area contributed by atoms with Gasteiger partial charge in [0.05, 0.1) is 16.9 Å². The number of aromatic nitrogens is 6. The molecule has 0 unspecified atom stereocenters. The number of hydrogen-bond donors (Lipinski definition) is 3. The zero-order valence-electron chi connectivity index (χ0n) is 20.8. The maximum absolute atomic E-state index is 15.2. The van der Waals surface area contributed by atoms with Gasteiger partial charge in [0.1, 0.15) is 11.6 Å². The summed E-state index contributed by atoms with van der Waals surface area (Å²) >= 11 is 0. The average molecular weight is 518 g/mol. The number of H-pyrrole nitrogens is 2. The smallest absolute Gasteiger partial charge is 0.326 e. The van der Waals surface area contributed by atoms with Crippen molar-refractivity contribution < 1.29 is 13.5 Å². The first-order valence-electron chi connectivity index (χ1n) is 12.1. The first-order chi connectivity index (χ1) is 18.4. The Morgan fingerprint density at radius 3 is 2.63 bits per heavy atom. The van der Waals surface area contributed by atoms with Crippen LogP contribution in [0.2, 0.25) is 0 Å². The largest absolute Gasteiger partial charge is 0.421 e. The van der Waals surface area contributed by atoms with E-state index < -0.39 is 11.6 Å². The van der Waals surface area contributed by atoms with Gasteiger partial charge in [0, 0.05) is 61.7 Å². The summed E-state index contributed by atoms with van der Waals surface area (Å²) in [5.74, 6) is -0.125. The second-order valence-electron chi connectivity index (χ2n) is 9.20. The molecule has 38 heavy (non-hydrogen) atoms. The summed E-state index contributed by atoms with van der Waals surface area (Å²) in [6.45, 7) is 4.94. The van der Waals surface area contributed by atoms with Crippen molar-refractivity contribution in [1.29, 1.82) is 0 Å². The number of nitrogens with one attached hydrogen (secondary N) is 3. The molecule has 1 aliphatic heterocycles. The van der Waals surface area contributed by atoms with Crippen molar-refractivity contribution in [2.75, 3.05) is 43.4 Å². The summed E-state index contributed by atoms with van der Waals surface area (Å²) in [5.41, 5.74) is 2.19. The number of aromatic amines is 2. The maximum atomic E-state index is 15.2. The van der Waals surface area contributed by atoms with Gasteiger partial charge in [-0.05, 0) is 32.2 Å². The molecule has 0 atom stereocenters. The quantitative estimate of drug-likeness (QED) is 0.299. The Bertz CT molecular complexity index is 1590. The summed E-state index contributed by atoms with van der Waals surface area (Å²) in [7, 11) is 2.06. The summed E-state index contributed by atoms with van der Waals surface area (Å²) in [6, 6.07) is 11.6. The molecule has 0 radical (unpaired) electrons. The van der Waals surface area contributed by atoms with Crippen LogP contribution in [0.15, 0.2) is 48.7 Å². The van der Waals surface area contributed by atoms with Gasteiger partial charge in [-0.25, -0.2) is 8.78 Å². The first kappa shape index (κ1) is 23.8. The lowest BCUT2D eigenvalue weighted by molar-refractivity contribution is 0.311. The van der Waals surface area contributed by atoms with Crippen molar-refractivity contribution in [3.8, 4) is 23.1 Å². The fourth-order valence-electron chi connectivity index (χ4n) is 4.40. The van der Waals surface area contributed by atoms with Crippen LogP contribution in [0, 0.1) is 18.6 Å². The van der Waals surface area contributed by atoms with E-state index in [0.29, 0.717) is 23.1 Å². The molecule has 6 rings (SSSR count). The Kier molecular flexibility index (Phi) is 6.08. The van der Waals surface area contributed by atoms with Crippen LogP contribution in [-0.4, -0.2) is 68.3 Å². The Hall–Kier alpha value is -4.58. The van der Waals surface area contributed by atoms with Crippen LogP contribution < -0.4 is 15.0 Å². The summed E-state index contributed by atoms with van der Waals surface area (Å²) in [5, 5.41) is 10.5. The number of benzene rings is 1. The fourth-order valence-corrected chi connectivity index (χ4v) is 4.40. The van der Waals surface area contributed by atoms with E-state index >= 15 is 4.39 Å². The number of likely N-dealkylation sites (N-methyl/N-ethyl adjacent to an activating group) is 1. The molecule has 0 bridgehead atoms. The minimum atomic E-state index is -0.693. The third-order valence-corrected chi connectivity index (χ3v) is 6.40. The standard InChI is InChI=1S/C26H25F2N9O/c1-15-11-16-24(28)20(12-17(27)25(16)30-15)38-26-32-21(14-23(33-26)37-9-7-36(2)8-10-37)31-22-13-19(34-35-22)18-5-3-4-6-29-18/h3-6,11-14,30H,7-10H2,1-2H3,(H2,31,32,33,34,35). The van der Waals surface area contributed by atoms with Crippen molar-refractivity contribution >= 4 is 28.4 Å². The van der Waals surface area contributed by atoms with E-state index in [2.05, 4.69) is 52.3 Å². The molecule has 0 spiro atoms. The maximum Gasteiger partial charge on any atom is 0.326 e. The Morgan fingerprint density at radius 1 is 1.00 bits per heavy atom. The lowest BCUT2D eigenvalue weighted by Crippen LogP contribution is -2.44. The number of aryl methyl sites for hydroxylation is 1. The molecule has 1 aromatic carbocycles. The Morgan fingerprint density at radius 2 is 1.84 bits per heavy atom. The van der Waals surface area contributed by atoms with Crippen molar-refractivity contribution in [3.05, 3.63) is 66.0 Å². The van der Waals surface area contributed by atoms with Crippen molar-refractivity contribution in [2.24, 2.45) is 0 Å². The van der Waals surface area contributed by atoms with Gasteiger partial charge in [-0.3, -0.25) is 10.1 Å². The fraction of sp³-hybridized carbons (Fsp3) is 0.231. The SMILES string of the molecule is Cc1cc2c(F)c(Oc3nc(Nc4cc(-c5ccccn5)[nH]n4)cc(N4CCN(C)CC4)n3)cc(F)c2[nH]1. The highest BCUT2D eigenvalue weighted by Gasteiger charge is 2.21. The molecule has 1 aliphatic rings. The predicted octanol–water partition coefficient (Wildman–Crippen LogP) is 4.62. The van der Waals surface area contributed by atoms with Gasteiger partial charge in [-0.1, -0.05) is 6.07 Å². The normalized spacial score (nSPS) is 14.3.